The Morgan fingerprint density at radius 1 is 1.80 bits per heavy atom. The first-order chi connectivity index (χ1) is 4.75. The smallest absolute Gasteiger partial charge is 0.220 e. The fourth-order valence-corrected chi connectivity index (χ4v) is 0.876. The first-order valence-electron chi connectivity index (χ1n) is 2.77. The van der Waals surface area contributed by atoms with Gasteiger partial charge in [0.05, 0.1) is 13.2 Å². The van der Waals surface area contributed by atoms with Crippen molar-refractivity contribution in [3.63, 3.8) is 0 Å². The minimum Gasteiger partial charge on any atom is -0.395 e. The number of hydrogen-bond donors (Lipinski definition) is 3. The normalized spacial score (nSPS) is 10.1. The molecule has 0 amide bonds. The van der Waals surface area contributed by atoms with Gasteiger partial charge in [-0.2, -0.15) is 0 Å². The van der Waals surface area contributed by atoms with Gasteiger partial charge in [-0.25, -0.2) is 5.10 Å². The molecule has 0 aliphatic rings. The van der Waals surface area contributed by atoms with E-state index < -0.39 is 0 Å². The first-order valence-corrected chi connectivity index (χ1v) is 3.18. The van der Waals surface area contributed by atoms with Crippen LogP contribution in [-0.4, -0.2) is 26.5 Å². The molecule has 0 unspecified atom stereocenters. The van der Waals surface area contributed by atoms with Crippen LogP contribution in [0.2, 0.25) is 0 Å². The molecule has 0 spiro atoms. The molecule has 5 nitrogen and oxygen atoms in total. The molecule has 0 atom stereocenters. The van der Waals surface area contributed by atoms with Crippen molar-refractivity contribution >= 4 is 18.2 Å². The number of rotatable bonds is 2. The molecule has 0 aromatic carbocycles. The molecular weight excluding hydrogens is 152 g/mol. The molecule has 0 fully saturated rings. The van der Waals surface area contributed by atoms with Crippen molar-refractivity contribution in [3.05, 3.63) is 4.77 Å². The van der Waals surface area contributed by atoms with Gasteiger partial charge in [0, 0.05) is 0 Å². The quantitative estimate of drug-likeness (QED) is 0.510. The number of hydrogen-bond acceptors (Lipinski definition) is 4. The lowest BCUT2D eigenvalue weighted by Gasteiger charge is -1.97. The zero-order valence-corrected chi connectivity index (χ0v) is 6.06. The van der Waals surface area contributed by atoms with Crippen LogP contribution in [0, 0.1) is 4.77 Å². The summed E-state index contributed by atoms with van der Waals surface area (Å²) in [5.41, 5.74) is 5.37. The molecule has 1 aromatic heterocycles. The third-order valence-electron chi connectivity index (χ3n) is 1.11. The Morgan fingerprint density at radius 3 is 2.90 bits per heavy atom. The van der Waals surface area contributed by atoms with E-state index in [1.165, 1.54) is 4.57 Å². The second-order valence-electron chi connectivity index (χ2n) is 1.76. The fourth-order valence-electron chi connectivity index (χ4n) is 0.646. The summed E-state index contributed by atoms with van der Waals surface area (Å²) in [7, 11) is 0. The monoisotopic (exact) mass is 160 g/mol. The highest BCUT2D eigenvalue weighted by Crippen LogP contribution is 1.96. The lowest BCUT2D eigenvalue weighted by atomic mass is 10.7. The topological polar surface area (TPSA) is 79.9 Å². The average molecular weight is 160 g/mol. The molecule has 1 heterocycles. The number of nitrogens with one attached hydrogen (secondary N) is 1. The van der Waals surface area contributed by atoms with Gasteiger partial charge in [-0.3, -0.25) is 4.57 Å². The van der Waals surface area contributed by atoms with Crippen LogP contribution in [0.5, 0.6) is 0 Å². The van der Waals surface area contributed by atoms with Crippen LogP contribution in [0.25, 0.3) is 0 Å². The van der Waals surface area contributed by atoms with Gasteiger partial charge in [-0.1, -0.05) is 0 Å². The minimum absolute atomic E-state index is 0.0119. The van der Waals surface area contributed by atoms with Crippen LogP contribution in [0.4, 0.5) is 5.95 Å². The van der Waals surface area contributed by atoms with Crippen molar-refractivity contribution in [2.45, 2.75) is 6.54 Å². The number of nitrogen functional groups attached to an aromatic ring is 1. The summed E-state index contributed by atoms with van der Waals surface area (Å²) in [6, 6.07) is 0. The van der Waals surface area contributed by atoms with Gasteiger partial charge < -0.3 is 10.8 Å². The Morgan fingerprint density at radius 2 is 2.50 bits per heavy atom. The van der Waals surface area contributed by atoms with Gasteiger partial charge in [0.1, 0.15) is 0 Å². The molecule has 0 bridgehead atoms. The van der Waals surface area contributed by atoms with E-state index in [9.17, 15) is 0 Å². The molecule has 0 aliphatic heterocycles. The predicted molar refractivity (Wildman–Crippen MR) is 38.9 cm³/mol. The zero-order valence-electron chi connectivity index (χ0n) is 5.24. The number of H-pyrrole nitrogens is 1. The van der Waals surface area contributed by atoms with Gasteiger partial charge in [0.15, 0.2) is 4.77 Å². The van der Waals surface area contributed by atoms with Crippen LogP contribution in [0.3, 0.4) is 0 Å². The summed E-state index contributed by atoms with van der Waals surface area (Å²) in [4.78, 5) is 0. The Bertz CT molecular complexity index is 264. The Balaban J connectivity index is 2.99. The van der Waals surface area contributed by atoms with Crippen LogP contribution in [0.15, 0.2) is 0 Å². The number of nitrogens with zero attached hydrogens (tertiary/aromatic N) is 2. The molecule has 6 heteroatoms. The summed E-state index contributed by atoms with van der Waals surface area (Å²) in [6.07, 6.45) is 0. The van der Waals surface area contributed by atoms with E-state index in [0.29, 0.717) is 17.3 Å². The second-order valence-corrected chi connectivity index (χ2v) is 2.15. The van der Waals surface area contributed by atoms with E-state index in [1.54, 1.807) is 0 Å². The van der Waals surface area contributed by atoms with Gasteiger partial charge in [-0.15, -0.1) is 5.10 Å². The standard InChI is InChI=1S/C4H8N4OS/c5-3-6-7-4(10)8(3)1-2-9/h9H,1-2H2,(H2,5,6)(H,7,10). The SMILES string of the molecule is Nc1n[nH]c(=S)n1CCO. The van der Waals surface area contributed by atoms with Gasteiger partial charge in [0.25, 0.3) is 0 Å². The summed E-state index contributed by atoms with van der Waals surface area (Å²) in [6.45, 7) is 0.402. The largest absolute Gasteiger partial charge is 0.395 e. The summed E-state index contributed by atoms with van der Waals surface area (Å²) in [5.74, 6) is 0.305. The number of aliphatic hydroxyl groups is 1. The van der Waals surface area contributed by atoms with E-state index in [1.807, 2.05) is 0 Å². The van der Waals surface area contributed by atoms with Gasteiger partial charge in [-0.05, 0) is 12.2 Å². The molecule has 56 valence electrons. The lowest BCUT2D eigenvalue weighted by molar-refractivity contribution is 0.276. The van der Waals surface area contributed by atoms with Crippen LogP contribution < -0.4 is 5.73 Å². The summed E-state index contributed by atoms with van der Waals surface area (Å²) >= 11 is 4.79. The van der Waals surface area contributed by atoms with Crippen molar-refractivity contribution in [1.82, 2.24) is 14.8 Å². The average Bonchev–Trinajstić information content (AvgIpc) is 2.20. The molecule has 0 saturated heterocycles. The maximum atomic E-state index is 8.52. The maximum absolute atomic E-state index is 8.52. The van der Waals surface area contributed by atoms with Crippen molar-refractivity contribution < 1.29 is 5.11 Å². The van der Waals surface area contributed by atoms with Gasteiger partial charge >= 0.3 is 0 Å². The third-order valence-corrected chi connectivity index (χ3v) is 1.42. The number of aliphatic hydroxyl groups excluding tert-OH is 1. The molecule has 0 saturated carbocycles. The predicted octanol–water partition coefficient (Wildman–Crippen LogP) is -0.485. The molecule has 0 radical (unpaired) electrons. The highest BCUT2D eigenvalue weighted by atomic mass is 32.1. The highest BCUT2D eigenvalue weighted by molar-refractivity contribution is 7.71. The number of aromatic nitrogens is 3. The minimum atomic E-state index is 0.0119. The first kappa shape index (κ1) is 7.23. The Kier molecular flexibility index (Phi) is 2.03. The highest BCUT2D eigenvalue weighted by Gasteiger charge is 1.98. The zero-order chi connectivity index (χ0) is 7.56. The molecule has 1 aromatic rings. The molecule has 4 N–H and O–H groups in total. The number of anilines is 1. The van der Waals surface area contributed by atoms with Crippen molar-refractivity contribution in [1.29, 1.82) is 0 Å². The second kappa shape index (κ2) is 2.80. The molecule has 10 heavy (non-hydrogen) atoms. The van der Waals surface area contributed by atoms with Crippen LogP contribution >= 0.6 is 12.2 Å². The van der Waals surface area contributed by atoms with E-state index >= 15 is 0 Å². The Labute approximate surface area is 62.5 Å². The summed E-state index contributed by atoms with van der Waals surface area (Å²) < 4.78 is 1.96. The molecule has 0 aliphatic carbocycles. The van der Waals surface area contributed by atoms with E-state index in [2.05, 4.69) is 10.2 Å². The van der Waals surface area contributed by atoms with Crippen LogP contribution in [-0.2, 0) is 6.54 Å². The summed E-state index contributed by atoms with van der Waals surface area (Å²) in [5, 5.41) is 14.7. The number of nitrogens with two attached hydrogens (primary N) is 1. The molecular formula is C4H8N4OS. The van der Waals surface area contributed by atoms with Crippen LogP contribution in [0.1, 0.15) is 0 Å². The van der Waals surface area contributed by atoms with E-state index in [-0.39, 0.29) is 6.61 Å². The van der Waals surface area contributed by atoms with Crippen molar-refractivity contribution in [2.75, 3.05) is 12.3 Å². The third kappa shape index (κ3) is 1.17. The van der Waals surface area contributed by atoms with Gasteiger partial charge in [0.2, 0.25) is 5.95 Å². The Hall–Kier alpha value is -0.880. The molecule has 1 rings (SSSR count). The lowest BCUT2D eigenvalue weighted by Crippen LogP contribution is -2.06. The van der Waals surface area contributed by atoms with E-state index in [0.717, 1.165) is 0 Å². The van der Waals surface area contributed by atoms with Crippen molar-refractivity contribution in [3.8, 4) is 0 Å². The fraction of sp³-hybridized carbons (Fsp3) is 0.500. The van der Waals surface area contributed by atoms with Crippen molar-refractivity contribution in [2.24, 2.45) is 0 Å². The number of aromatic amines is 1. The maximum Gasteiger partial charge on any atom is 0.220 e. The van der Waals surface area contributed by atoms with E-state index in [4.69, 9.17) is 23.1 Å².